The van der Waals surface area contributed by atoms with Gasteiger partial charge in [0.2, 0.25) is 10.0 Å². The Labute approximate surface area is 138 Å². The predicted octanol–water partition coefficient (Wildman–Crippen LogP) is 2.07. The molecule has 1 aromatic rings. The van der Waals surface area contributed by atoms with Crippen molar-refractivity contribution in [2.75, 3.05) is 20.1 Å². The van der Waals surface area contributed by atoms with E-state index in [-0.39, 0.29) is 10.9 Å². The second kappa shape index (κ2) is 8.31. The molecule has 1 saturated heterocycles. The lowest BCUT2D eigenvalue weighted by molar-refractivity contribution is 0.192. The molecule has 2 amide bonds. The summed E-state index contributed by atoms with van der Waals surface area (Å²) in [5.74, 6) is 0. The van der Waals surface area contributed by atoms with Gasteiger partial charge in [0.25, 0.3) is 0 Å². The summed E-state index contributed by atoms with van der Waals surface area (Å²) in [6.07, 6.45) is 5.69. The molecule has 6 nitrogen and oxygen atoms in total. The zero-order chi connectivity index (χ0) is 16.7. The highest BCUT2D eigenvalue weighted by atomic mass is 32.2. The molecule has 0 aromatic heterocycles. The number of nitrogens with zero attached hydrogens (tertiary/aromatic N) is 1. The molecule has 1 aliphatic heterocycles. The van der Waals surface area contributed by atoms with Crippen LogP contribution in [0.15, 0.2) is 29.2 Å². The Balaban J connectivity index is 1.94. The Hall–Kier alpha value is -1.60. The first-order chi connectivity index (χ1) is 11.0. The number of likely N-dealkylation sites (tertiary alicyclic amines) is 1. The van der Waals surface area contributed by atoms with Crippen molar-refractivity contribution in [1.29, 1.82) is 0 Å². The molecule has 128 valence electrons. The SMILES string of the molecule is CNS(=O)(=O)c1cccc(CNC(=O)N2CCCCCCC2)c1. The van der Waals surface area contributed by atoms with Gasteiger partial charge in [0.05, 0.1) is 4.90 Å². The maximum Gasteiger partial charge on any atom is 0.317 e. The third kappa shape index (κ3) is 5.21. The Morgan fingerprint density at radius 3 is 2.43 bits per heavy atom. The molecule has 2 rings (SSSR count). The summed E-state index contributed by atoms with van der Waals surface area (Å²) < 4.78 is 25.9. The zero-order valence-corrected chi connectivity index (χ0v) is 14.4. The number of carbonyl (C=O) groups is 1. The lowest BCUT2D eigenvalue weighted by Gasteiger charge is -2.25. The molecule has 7 heteroatoms. The summed E-state index contributed by atoms with van der Waals surface area (Å²) in [6.45, 7) is 1.91. The highest BCUT2D eigenvalue weighted by Crippen LogP contribution is 2.12. The number of carbonyl (C=O) groups excluding carboxylic acids is 1. The fourth-order valence-electron chi connectivity index (χ4n) is 2.68. The summed E-state index contributed by atoms with van der Waals surface area (Å²) in [6, 6.07) is 6.54. The highest BCUT2D eigenvalue weighted by Gasteiger charge is 2.15. The minimum atomic E-state index is -3.46. The quantitative estimate of drug-likeness (QED) is 0.881. The van der Waals surface area contributed by atoms with Crippen molar-refractivity contribution in [3.8, 4) is 0 Å². The van der Waals surface area contributed by atoms with Crippen molar-refractivity contribution in [3.63, 3.8) is 0 Å². The summed E-state index contributed by atoms with van der Waals surface area (Å²) in [7, 11) is -2.08. The Morgan fingerprint density at radius 2 is 1.78 bits per heavy atom. The van der Waals surface area contributed by atoms with Crippen molar-refractivity contribution < 1.29 is 13.2 Å². The number of sulfonamides is 1. The number of hydrogen-bond acceptors (Lipinski definition) is 3. The average Bonchev–Trinajstić information content (AvgIpc) is 2.52. The molecule has 0 radical (unpaired) electrons. The molecular weight excluding hydrogens is 314 g/mol. The molecular formula is C16H25N3O3S. The topological polar surface area (TPSA) is 78.5 Å². The van der Waals surface area contributed by atoms with Gasteiger partial charge in [0.1, 0.15) is 0 Å². The number of nitrogens with one attached hydrogen (secondary N) is 2. The molecule has 2 N–H and O–H groups in total. The number of benzene rings is 1. The van der Waals surface area contributed by atoms with Gasteiger partial charge in [-0.25, -0.2) is 17.9 Å². The first-order valence-electron chi connectivity index (χ1n) is 8.08. The van der Waals surface area contributed by atoms with Crippen LogP contribution in [-0.2, 0) is 16.6 Å². The summed E-state index contributed by atoms with van der Waals surface area (Å²) in [5, 5.41) is 2.89. The van der Waals surface area contributed by atoms with Gasteiger partial charge in [0, 0.05) is 19.6 Å². The third-order valence-electron chi connectivity index (χ3n) is 4.06. The summed E-state index contributed by atoms with van der Waals surface area (Å²) in [5.41, 5.74) is 0.765. The predicted molar refractivity (Wildman–Crippen MR) is 89.6 cm³/mol. The van der Waals surface area contributed by atoms with Gasteiger partial charge in [-0.05, 0) is 37.6 Å². The van der Waals surface area contributed by atoms with Crippen LogP contribution < -0.4 is 10.0 Å². The van der Waals surface area contributed by atoms with Gasteiger partial charge in [0.15, 0.2) is 0 Å². The van der Waals surface area contributed by atoms with Crippen molar-refractivity contribution in [1.82, 2.24) is 14.9 Å². The Morgan fingerprint density at radius 1 is 1.13 bits per heavy atom. The van der Waals surface area contributed by atoms with E-state index in [1.807, 2.05) is 11.0 Å². The van der Waals surface area contributed by atoms with Crippen molar-refractivity contribution in [2.45, 2.75) is 43.5 Å². The first kappa shape index (κ1) is 17.7. The number of hydrogen-bond donors (Lipinski definition) is 2. The molecule has 0 atom stereocenters. The average molecular weight is 339 g/mol. The zero-order valence-electron chi connectivity index (χ0n) is 13.5. The maximum atomic E-state index is 12.3. The van der Waals surface area contributed by atoms with E-state index >= 15 is 0 Å². The van der Waals surface area contributed by atoms with Crippen LogP contribution in [0.3, 0.4) is 0 Å². The molecule has 1 heterocycles. The van der Waals surface area contributed by atoms with E-state index < -0.39 is 10.0 Å². The first-order valence-corrected chi connectivity index (χ1v) is 9.56. The fourth-order valence-corrected chi connectivity index (χ4v) is 3.48. The minimum Gasteiger partial charge on any atom is -0.334 e. The monoisotopic (exact) mass is 339 g/mol. The van der Waals surface area contributed by atoms with Gasteiger partial charge in [-0.2, -0.15) is 0 Å². The number of rotatable bonds is 4. The molecule has 0 spiro atoms. The van der Waals surface area contributed by atoms with E-state index in [1.165, 1.54) is 32.4 Å². The molecule has 1 aliphatic rings. The third-order valence-corrected chi connectivity index (χ3v) is 5.48. The van der Waals surface area contributed by atoms with Crippen LogP contribution in [0.25, 0.3) is 0 Å². The molecule has 1 aromatic carbocycles. The van der Waals surface area contributed by atoms with Crippen LogP contribution in [-0.4, -0.2) is 39.5 Å². The summed E-state index contributed by atoms with van der Waals surface area (Å²) in [4.78, 5) is 14.3. The van der Waals surface area contributed by atoms with Crippen molar-refractivity contribution in [3.05, 3.63) is 29.8 Å². The highest BCUT2D eigenvalue weighted by molar-refractivity contribution is 7.89. The second-order valence-corrected chi connectivity index (χ2v) is 7.66. The molecule has 23 heavy (non-hydrogen) atoms. The molecule has 0 bridgehead atoms. The maximum absolute atomic E-state index is 12.3. The molecule has 0 unspecified atom stereocenters. The molecule has 1 fully saturated rings. The van der Waals surface area contributed by atoms with E-state index in [0.717, 1.165) is 31.5 Å². The van der Waals surface area contributed by atoms with E-state index in [0.29, 0.717) is 6.54 Å². The molecule has 0 aliphatic carbocycles. The van der Waals surface area contributed by atoms with Crippen LogP contribution >= 0.6 is 0 Å². The van der Waals surface area contributed by atoms with Crippen LogP contribution in [0.2, 0.25) is 0 Å². The lowest BCUT2D eigenvalue weighted by atomic mass is 10.1. The minimum absolute atomic E-state index is 0.0752. The smallest absolute Gasteiger partial charge is 0.317 e. The van der Waals surface area contributed by atoms with Gasteiger partial charge >= 0.3 is 6.03 Å². The summed E-state index contributed by atoms with van der Waals surface area (Å²) >= 11 is 0. The van der Waals surface area contributed by atoms with Crippen LogP contribution in [0, 0.1) is 0 Å². The second-order valence-electron chi connectivity index (χ2n) is 5.77. The van der Waals surface area contributed by atoms with Crippen LogP contribution in [0.1, 0.15) is 37.7 Å². The van der Waals surface area contributed by atoms with Gasteiger partial charge < -0.3 is 10.2 Å². The largest absolute Gasteiger partial charge is 0.334 e. The van der Waals surface area contributed by atoms with Gasteiger partial charge in [-0.1, -0.05) is 31.4 Å². The van der Waals surface area contributed by atoms with E-state index in [2.05, 4.69) is 10.0 Å². The van der Waals surface area contributed by atoms with E-state index in [1.54, 1.807) is 12.1 Å². The Bertz CT molecular complexity index is 623. The van der Waals surface area contributed by atoms with Gasteiger partial charge in [-0.15, -0.1) is 0 Å². The lowest BCUT2D eigenvalue weighted by Crippen LogP contribution is -2.41. The van der Waals surface area contributed by atoms with Crippen LogP contribution in [0.5, 0.6) is 0 Å². The standard InChI is InChI=1S/C16H25N3O3S/c1-17-23(21,22)15-9-7-8-14(12-15)13-18-16(20)19-10-5-3-2-4-6-11-19/h7-9,12,17H,2-6,10-11,13H2,1H3,(H,18,20). The van der Waals surface area contributed by atoms with Crippen molar-refractivity contribution >= 4 is 16.1 Å². The van der Waals surface area contributed by atoms with E-state index in [9.17, 15) is 13.2 Å². The molecule has 0 saturated carbocycles. The number of urea groups is 1. The fraction of sp³-hybridized carbons (Fsp3) is 0.562. The van der Waals surface area contributed by atoms with Gasteiger partial charge in [-0.3, -0.25) is 0 Å². The Kier molecular flexibility index (Phi) is 6.41. The van der Waals surface area contributed by atoms with Crippen LogP contribution in [0.4, 0.5) is 4.79 Å². The van der Waals surface area contributed by atoms with E-state index in [4.69, 9.17) is 0 Å². The van der Waals surface area contributed by atoms with Crippen molar-refractivity contribution in [2.24, 2.45) is 0 Å². The normalized spacial score (nSPS) is 16.5. The number of amides is 2.